The Morgan fingerprint density at radius 2 is 2.21 bits per heavy atom. The summed E-state index contributed by atoms with van der Waals surface area (Å²) in [7, 11) is 0. The SMILES string of the molecule is Cc1cc(NC(=O)CC2CCCN(C(=O)NCC(C)C)C2)ccn1. The van der Waals surface area contributed by atoms with Crippen molar-refractivity contribution >= 4 is 17.6 Å². The van der Waals surface area contributed by atoms with Gasteiger partial charge < -0.3 is 15.5 Å². The third-order valence-electron chi connectivity index (χ3n) is 4.12. The van der Waals surface area contributed by atoms with Gasteiger partial charge in [-0.2, -0.15) is 0 Å². The average Bonchev–Trinajstić information content (AvgIpc) is 2.52. The number of nitrogens with one attached hydrogen (secondary N) is 2. The first-order valence-corrected chi connectivity index (χ1v) is 8.69. The molecule has 2 heterocycles. The van der Waals surface area contributed by atoms with Crippen molar-refractivity contribution in [1.29, 1.82) is 0 Å². The van der Waals surface area contributed by atoms with E-state index in [9.17, 15) is 9.59 Å². The number of piperidine rings is 1. The zero-order valence-electron chi connectivity index (χ0n) is 14.8. The van der Waals surface area contributed by atoms with Gasteiger partial charge in [-0.3, -0.25) is 9.78 Å². The van der Waals surface area contributed by atoms with Gasteiger partial charge in [-0.15, -0.1) is 0 Å². The van der Waals surface area contributed by atoms with Crippen LogP contribution in [-0.4, -0.2) is 41.5 Å². The Bertz CT molecular complexity index is 574. The van der Waals surface area contributed by atoms with Crippen molar-refractivity contribution in [2.45, 2.75) is 40.0 Å². The van der Waals surface area contributed by atoms with Crippen molar-refractivity contribution in [3.63, 3.8) is 0 Å². The van der Waals surface area contributed by atoms with E-state index in [0.717, 1.165) is 30.8 Å². The van der Waals surface area contributed by atoms with Crippen LogP contribution >= 0.6 is 0 Å². The van der Waals surface area contributed by atoms with E-state index in [4.69, 9.17) is 0 Å². The van der Waals surface area contributed by atoms with Crippen LogP contribution in [0.3, 0.4) is 0 Å². The number of carbonyl (C=O) groups excluding carboxylic acids is 2. The van der Waals surface area contributed by atoms with Crippen LogP contribution in [0.2, 0.25) is 0 Å². The normalized spacial score (nSPS) is 17.7. The largest absolute Gasteiger partial charge is 0.338 e. The van der Waals surface area contributed by atoms with Gasteiger partial charge in [0.25, 0.3) is 0 Å². The van der Waals surface area contributed by atoms with Crippen LogP contribution in [0.15, 0.2) is 18.3 Å². The Balaban J connectivity index is 1.81. The van der Waals surface area contributed by atoms with Crippen molar-refractivity contribution in [3.05, 3.63) is 24.0 Å². The second kappa shape index (κ2) is 8.66. The van der Waals surface area contributed by atoms with Crippen LogP contribution in [0, 0.1) is 18.8 Å². The first kappa shape index (κ1) is 18.2. The molecular weight excluding hydrogens is 304 g/mol. The highest BCUT2D eigenvalue weighted by molar-refractivity contribution is 5.90. The quantitative estimate of drug-likeness (QED) is 0.871. The minimum absolute atomic E-state index is 0.00459. The summed E-state index contributed by atoms with van der Waals surface area (Å²) < 4.78 is 0. The molecule has 6 nitrogen and oxygen atoms in total. The second-order valence-electron chi connectivity index (χ2n) is 6.97. The molecule has 1 aromatic rings. The number of urea groups is 1. The van der Waals surface area contributed by atoms with Gasteiger partial charge in [0.1, 0.15) is 0 Å². The fraction of sp³-hybridized carbons (Fsp3) is 0.611. The Morgan fingerprint density at radius 3 is 2.92 bits per heavy atom. The fourth-order valence-corrected chi connectivity index (χ4v) is 2.92. The highest BCUT2D eigenvalue weighted by Crippen LogP contribution is 2.20. The minimum Gasteiger partial charge on any atom is -0.338 e. The van der Waals surface area contributed by atoms with E-state index >= 15 is 0 Å². The summed E-state index contributed by atoms with van der Waals surface area (Å²) in [5, 5.41) is 5.87. The number of hydrogen-bond donors (Lipinski definition) is 2. The van der Waals surface area contributed by atoms with Crippen LogP contribution in [-0.2, 0) is 4.79 Å². The van der Waals surface area contributed by atoms with Crippen molar-refractivity contribution in [3.8, 4) is 0 Å². The molecule has 1 atom stereocenters. The van der Waals surface area contributed by atoms with Crippen LogP contribution in [0.25, 0.3) is 0 Å². The Labute approximate surface area is 144 Å². The van der Waals surface area contributed by atoms with E-state index < -0.39 is 0 Å². The molecule has 1 saturated heterocycles. The molecule has 24 heavy (non-hydrogen) atoms. The standard InChI is InChI=1S/C18H28N4O2/c1-13(2)11-20-18(24)22-8-4-5-15(12-22)10-17(23)21-16-6-7-19-14(3)9-16/h6-7,9,13,15H,4-5,8,10-12H2,1-3H3,(H,20,24)(H,19,21,23). The lowest BCUT2D eigenvalue weighted by atomic mass is 9.94. The maximum atomic E-state index is 12.2. The molecule has 1 aliphatic heterocycles. The third-order valence-corrected chi connectivity index (χ3v) is 4.12. The summed E-state index contributed by atoms with van der Waals surface area (Å²) in [6.07, 6.45) is 4.06. The summed E-state index contributed by atoms with van der Waals surface area (Å²) in [6.45, 7) is 8.14. The lowest BCUT2D eigenvalue weighted by Crippen LogP contribution is -2.46. The van der Waals surface area contributed by atoms with Gasteiger partial charge in [-0.05, 0) is 43.7 Å². The van der Waals surface area contributed by atoms with Gasteiger partial charge in [-0.25, -0.2) is 4.79 Å². The molecule has 0 saturated carbocycles. The van der Waals surface area contributed by atoms with Crippen molar-refractivity contribution in [1.82, 2.24) is 15.2 Å². The molecule has 1 fully saturated rings. The zero-order valence-corrected chi connectivity index (χ0v) is 14.8. The monoisotopic (exact) mass is 332 g/mol. The number of carbonyl (C=O) groups is 2. The molecule has 2 N–H and O–H groups in total. The van der Waals surface area contributed by atoms with E-state index in [-0.39, 0.29) is 17.9 Å². The molecule has 1 aromatic heterocycles. The number of nitrogens with zero attached hydrogens (tertiary/aromatic N) is 2. The summed E-state index contributed by atoms with van der Waals surface area (Å²) in [6, 6.07) is 3.63. The number of amides is 3. The Hall–Kier alpha value is -2.11. The molecule has 0 bridgehead atoms. The second-order valence-corrected chi connectivity index (χ2v) is 6.97. The number of aryl methyl sites for hydroxylation is 1. The first-order valence-electron chi connectivity index (χ1n) is 8.69. The maximum absolute atomic E-state index is 12.2. The lowest BCUT2D eigenvalue weighted by Gasteiger charge is -2.32. The van der Waals surface area contributed by atoms with Crippen LogP contribution in [0.4, 0.5) is 10.5 Å². The molecule has 0 aliphatic carbocycles. The summed E-state index contributed by atoms with van der Waals surface area (Å²) in [5.74, 6) is 0.644. The molecule has 1 aliphatic rings. The molecule has 6 heteroatoms. The average molecular weight is 332 g/mol. The minimum atomic E-state index is -0.0152. The highest BCUT2D eigenvalue weighted by Gasteiger charge is 2.25. The molecule has 2 rings (SSSR count). The predicted molar refractivity (Wildman–Crippen MR) is 94.8 cm³/mol. The summed E-state index contributed by atoms with van der Waals surface area (Å²) >= 11 is 0. The van der Waals surface area contributed by atoms with Crippen molar-refractivity contribution in [2.75, 3.05) is 25.0 Å². The fourth-order valence-electron chi connectivity index (χ4n) is 2.92. The van der Waals surface area contributed by atoms with Gasteiger partial charge >= 0.3 is 6.03 Å². The van der Waals surface area contributed by atoms with Gasteiger partial charge in [0.05, 0.1) is 0 Å². The molecule has 3 amide bonds. The third kappa shape index (κ3) is 5.83. The molecule has 0 spiro atoms. The van der Waals surface area contributed by atoms with E-state index in [1.54, 1.807) is 12.3 Å². The molecular formula is C18H28N4O2. The van der Waals surface area contributed by atoms with E-state index in [1.165, 1.54) is 0 Å². The van der Waals surface area contributed by atoms with E-state index in [1.807, 2.05) is 17.9 Å². The number of pyridine rings is 1. The van der Waals surface area contributed by atoms with Gasteiger partial charge in [0, 0.05) is 43.6 Å². The smallest absolute Gasteiger partial charge is 0.317 e. The molecule has 132 valence electrons. The van der Waals surface area contributed by atoms with E-state index in [2.05, 4.69) is 29.5 Å². The lowest BCUT2D eigenvalue weighted by molar-refractivity contribution is -0.117. The van der Waals surface area contributed by atoms with Gasteiger partial charge in [0.2, 0.25) is 5.91 Å². The number of rotatable bonds is 5. The maximum Gasteiger partial charge on any atom is 0.317 e. The summed E-state index contributed by atoms with van der Waals surface area (Å²) in [5.41, 5.74) is 1.65. The van der Waals surface area contributed by atoms with E-state index in [0.29, 0.717) is 25.4 Å². The number of hydrogen-bond acceptors (Lipinski definition) is 3. The number of anilines is 1. The number of aromatic nitrogens is 1. The van der Waals surface area contributed by atoms with Gasteiger partial charge in [0.15, 0.2) is 0 Å². The van der Waals surface area contributed by atoms with Gasteiger partial charge in [-0.1, -0.05) is 13.8 Å². The first-order chi connectivity index (χ1) is 11.4. The predicted octanol–water partition coefficient (Wildman–Crippen LogP) is 2.80. The van der Waals surface area contributed by atoms with Crippen LogP contribution in [0.5, 0.6) is 0 Å². The van der Waals surface area contributed by atoms with Crippen LogP contribution in [0.1, 0.15) is 38.8 Å². The number of likely N-dealkylation sites (tertiary alicyclic amines) is 1. The Morgan fingerprint density at radius 1 is 1.42 bits per heavy atom. The summed E-state index contributed by atoms with van der Waals surface area (Å²) in [4.78, 5) is 30.4. The zero-order chi connectivity index (χ0) is 17.5. The Kier molecular flexibility index (Phi) is 6.58. The molecule has 1 unspecified atom stereocenters. The van der Waals surface area contributed by atoms with Crippen molar-refractivity contribution < 1.29 is 9.59 Å². The topological polar surface area (TPSA) is 74.3 Å². The van der Waals surface area contributed by atoms with Crippen molar-refractivity contribution in [2.24, 2.45) is 11.8 Å². The molecule has 0 aromatic carbocycles. The van der Waals surface area contributed by atoms with Crippen LogP contribution < -0.4 is 10.6 Å². The molecule has 0 radical (unpaired) electrons. The highest BCUT2D eigenvalue weighted by atomic mass is 16.2.